The largest absolute Gasteiger partial charge is 0.411 e. The predicted molar refractivity (Wildman–Crippen MR) is 55.3 cm³/mol. The molecule has 0 aromatic carbocycles. The Hall–Kier alpha value is -1.14. The van der Waals surface area contributed by atoms with E-state index in [-0.39, 0.29) is 6.61 Å². The summed E-state index contributed by atoms with van der Waals surface area (Å²) in [5, 5.41) is 9.64. The summed E-state index contributed by atoms with van der Waals surface area (Å²) in [6, 6.07) is 5.13. The van der Waals surface area contributed by atoms with Gasteiger partial charge in [-0.1, -0.05) is 6.07 Å². The predicted octanol–water partition coefficient (Wildman–Crippen LogP) is 2.47. The highest BCUT2D eigenvalue weighted by Gasteiger charge is 2.27. The second-order valence-corrected chi connectivity index (χ2v) is 3.58. The summed E-state index contributed by atoms with van der Waals surface area (Å²) in [4.78, 5) is 3.95. The van der Waals surface area contributed by atoms with Gasteiger partial charge >= 0.3 is 6.18 Å². The van der Waals surface area contributed by atoms with Gasteiger partial charge in [0.25, 0.3) is 0 Å². The number of halogens is 3. The molecule has 1 aromatic heterocycles. The second kappa shape index (κ2) is 6.56. The molecule has 0 aliphatic heterocycles. The van der Waals surface area contributed by atoms with E-state index >= 15 is 0 Å². The highest BCUT2D eigenvalue weighted by molar-refractivity contribution is 5.06. The van der Waals surface area contributed by atoms with E-state index in [0.29, 0.717) is 18.5 Å². The molecule has 1 aromatic rings. The summed E-state index contributed by atoms with van der Waals surface area (Å²) < 4.78 is 39.6. The molecular formula is C11H14F3NO2. The van der Waals surface area contributed by atoms with E-state index in [4.69, 9.17) is 0 Å². The fourth-order valence-electron chi connectivity index (χ4n) is 1.29. The van der Waals surface area contributed by atoms with Crippen LogP contribution in [-0.2, 0) is 4.74 Å². The van der Waals surface area contributed by atoms with Crippen molar-refractivity contribution in [2.45, 2.75) is 25.1 Å². The number of ether oxygens (including phenoxy) is 1. The van der Waals surface area contributed by atoms with E-state index in [1.807, 2.05) is 0 Å². The van der Waals surface area contributed by atoms with Crippen molar-refractivity contribution in [1.82, 2.24) is 4.98 Å². The Morgan fingerprint density at radius 3 is 2.71 bits per heavy atom. The minimum absolute atomic E-state index is 0.0244. The molecular weight excluding hydrogens is 235 g/mol. The molecule has 1 unspecified atom stereocenters. The molecule has 1 rings (SSSR count). The van der Waals surface area contributed by atoms with Crippen LogP contribution in [0.1, 0.15) is 24.6 Å². The summed E-state index contributed by atoms with van der Waals surface area (Å²) in [6.45, 7) is -1.27. The first-order valence-corrected chi connectivity index (χ1v) is 5.22. The Kier molecular flexibility index (Phi) is 5.37. The molecule has 0 radical (unpaired) electrons. The van der Waals surface area contributed by atoms with Crippen LogP contribution in [0, 0.1) is 0 Å². The van der Waals surface area contributed by atoms with Crippen molar-refractivity contribution in [2.24, 2.45) is 0 Å². The SMILES string of the molecule is OC(CCCOCC(F)(F)F)c1ccccn1. The number of aliphatic hydroxyl groups excluding tert-OH is 1. The van der Waals surface area contributed by atoms with Crippen LogP contribution in [0.5, 0.6) is 0 Å². The summed E-state index contributed by atoms with van der Waals surface area (Å²) in [5.41, 5.74) is 0.517. The van der Waals surface area contributed by atoms with E-state index < -0.39 is 18.9 Å². The van der Waals surface area contributed by atoms with Gasteiger partial charge in [0.2, 0.25) is 0 Å². The van der Waals surface area contributed by atoms with Gasteiger partial charge in [-0.2, -0.15) is 13.2 Å². The van der Waals surface area contributed by atoms with Crippen molar-refractivity contribution >= 4 is 0 Å². The van der Waals surface area contributed by atoms with Crippen LogP contribution in [0.2, 0.25) is 0 Å². The molecule has 1 N–H and O–H groups in total. The summed E-state index contributed by atoms with van der Waals surface area (Å²) >= 11 is 0. The number of aliphatic hydroxyl groups is 1. The lowest BCUT2D eigenvalue weighted by Gasteiger charge is -2.10. The number of aromatic nitrogens is 1. The van der Waals surface area contributed by atoms with Gasteiger partial charge in [0.15, 0.2) is 0 Å². The van der Waals surface area contributed by atoms with Crippen LogP contribution in [0.3, 0.4) is 0 Å². The maximum absolute atomic E-state index is 11.7. The first-order chi connectivity index (χ1) is 7.99. The number of hydrogen-bond acceptors (Lipinski definition) is 3. The second-order valence-electron chi connectivity index (χ2n) is 3.58. The van der Waals surface area contributed by atoms with Crippen molar-refractivity contribution in [3.63, 3.8) is 0 Å². The molecule has 0 saturated heterocycles. The monoisotopic (exact) mass is 249 g/mol. The van der Waals surface area contributed by atoms with Crippen LogP contribution in [0.15, 0.2) is 24.4 Å². The van der Waals surface area contributed by atoms with Gasteiger partial charge < -0.3 is 9.84 Å². The van der Waals surface area contributed by atoms with Gasteiger partial charge in [-0.25, -0.2) is 0 Å². The molecule has 1 atom stereocenters. The first-order valence-electron chi connectivity index (χ1n) is 5.22. The van der Waals surface area contributed by atoms with Crippen LogP contribution in [-0.4, -0.2) is 29.5 Å². The molecule has 0 fully saturated rings. The van der Waals surface area contributed by atoms with E-state index in [1.54, 1.807) is 24.4 Å². The van der Waals surface area contributed by atoms with Gasteiger partial charge in [0.05, 0.1) is 11.8 Å². The van der Waals surface area contributed by atoms with Crippen molar-refractivity contribution in [3.05, 3.63) is 30.1 Å². The molecule has 1 heterocycles. The van der Waals surface area contributed by atoms with Gasteiger partial charge in [-0.05, 0) is 25.0 Å². The van der Waals surface area contributed by atoms with Crippen LogP contribution in [0.25, 0.3) is 0 Å². The molecule has 0 amide bonds. The molecule has 0 aliphatic carbocycles. The topological polar surface area (TPSA) is 42.4 Å². The Bertz CT molecular complexity index is 316. The average Bonchev–Trinajstić information content (AvgIpc) is 2.28. The van der Waals surface area contributed by atoms with Crippen LogP contribution < -0.4 is 0 Å². The zero-order valence-corrected chi connectivity index (χ0v) is 9.15. The van der Waals surface area contributed by atoms with E-state index in [9.17, 15) is 18.3 Å². The van der Waals surface area contributed by atoms with E-state index in [0.717, 1.165) is 0 Å². The number of hydrogen-bond donors (Lipinski definition) is 1. The van der Waals surface area contributed by atoms with Gasteiger partial charge in [-0.15, -0.1) is 0 Å². The highest BCUT2D eigenvalue weighted by atomic mass is 19.4. The van der Waals surface area contributed by atoms with Crippen LogP contribution >= 0.6 is 0 Å². The Balaban J connectivity index is 2.15. The maximum Gasteiger partial charge on any atom is 0.411 e. The normalized spacial score (nSPS) is 13.6. The number of pyridine rings is 1. The number of alkyl halides is 3. The Labute approximate surface area is 97.2 Å². The van der Waals surface area contributed by atoms with E-state index in [2.05, 4.69) is 9.72 Å². The highest BCUT2D eigenvalue weighted by Crippen LogP contribution is 2.17. The standard InChI is InChI=1S/C11H14F3NO2/c12-11(13,14)8-17-7-3-5-10(16)9-4-1-2-6-15-9/h1-2,4,6,10,16H,3,5,7-8H2. The van der Waals surface area contributed by atoms with Crippen molar-refractivity contribution < 1.29 is 23.0 Å². The quantitative estimate of drug-likeness (QED) is 0.787. The molecule has 0 spiro atoms. The lowest BCUT2D eigenvalue weighted by atomic mass is 10.1. The number of rotatable bonds is 6. The first kappa shape index (κ1) is 13.9. The lowest BCUT2D eigenvalue weighted by molar-refractivity contribution is -0.174. The fraction of sp³-hybridized carbons (Fsp3) is 0.545. The van der Waals surface area contributed by atoms with Gasteiger partial charge in [0.1, 0.15) is 6.61 Å². The third-order valence-corrected chi connectivity index (χ3v) is 2.06. The molecule has 17 heavy (non-hydrogen) atoms. The minimum Gasteiger partial charge on any atom is -0.387 e. The van der Waals surface area contributed by atoms with Crippen LogP contribution in [0.4, 0.5) is 13.2 Å². The van der Waals surface area contributed by atoms with Crippen molar-refractivity contribution in [1.29, 1.82) is 0 Å². The summed E-state index contributed by atoms with van der Waals surface area (Å²) in [6.07, 6.45) is -2.81. The van der Waals surface area contributed by atoms with E-state index in [1.165, 1.54) is 0 Å². The Morgan fingerprint density at radius 1 is 1.35 bits per heavy atom. The smallest absolute Gasteiger partial charge is 0.387 e. The number of nitrogens with zero attached hydrogens (tertiary/aromatic N) is 1. The zero-order valence-electron chi connectivity index (χ0n) is 9.15. The van der Waals surface area contributed by atoms with Gasteiger partial charge in [0, 0.05) is 12.8 Å². The molecule has 0 aliphatic rings. The molecule has 0 saturated carbocycles. The third-order valence-electron chi connectivity index (χ3n) is 2.06. The Morgan fingerprint density at radius 2 is 2.12 bits per heavy atom. The summed E-state index contributed by atoms with van der Waals surface area (Å²) in [7, 11) is 0. The maximum atomic E-state index is 11.7. The van der Waals surface area contributed by atoms with Crippen molar-refractivity contribution in [2.75, 3.05) is 13.2 Å². The van der Waals surface area contributed by atoms with Gasteiger partial charge in [-0.3, -0.25) is 4.98 Å². The third kappa shape index (κ3) is 6.23. The lowest BCUT2D eigenvalue weighted by Crippen LogP contribution is -2.17. The van der Waals surface area contributed by atoms with Crippen molar-refractivity contribution in [3.8, 4) is 0 Å². The molecule has 0 bridgehead atoms. The fourth-order valence-corrected chi connectivity index (χ4v) is 1.29. The molecule has 3 nitrogen and oxygen atoms in total. The molecule has 6 heteroatoms. The summed E-state index contributed by atoms with van der Waals surface area (Å²) in [5.74, 6) is 0. The zero-order chi connectivity index (χ0) is 12.7. The minimum atomic E-state index is -4.29. The average molecular weight is 249 g/mol. The molecule has 96 valence electrons.